The molecule has 4 nitrogen and oxygen atoms in total. The number of benzene rings is 2. The minimum atomic E-state index is -0.340. The summed E-state index contributed by atoms with van der Waals surface area (Å²) in [6, 6.07) is 20.5. The second-order valence-corrected chi connectivity index (χ2v) is 5.84. The molecule has 0 unspecified atom stereocenters. The molecule has 3 rings (SSSR count). The fourth-order valence-corrected chi connectivity index (χ4v) is 2.92. The van der Waals surface area contributed by atoms with E-state index in [1.54, 1.807) is 0 Å². The van der Waals surface area contributed by atoms with E-state index in [0.717, 1.165) is 24.9 Å². The van der Waals surface area contributed by atoms with Gasteiger partial charge in [0.15, 0.2) is 0 Å². The lowest BCUT2D eigenvalue weighted by atomic mass is 9.94. The Labute approximate surface area is 136 Å². The SMILES string of the molecule is O=C(N[C@@H]1CCN[C@@H](c2ccccc2)C1)OCc1ccccc1. The molecule has 2 aromatic carbocycles. The van der Waals surface area contributed by atoms with Crippen LogP contribution in [0.25, 0.3) is 0 Å². The second kappa shape index (κ2) is 7.79. The molecule has 2 N–H and O–H groups in total. The highest BCUT2D eigenvalue weighted by atomic mass is 16.5. The molecule has 23 heavy (non-hydrogen) atoms. The predicted molar refractivity (Wildman–Crippen MR) is 90.0 cm³/mol. The van der Waals surface area contributed by atoms with Crippen LogP contribution >= 0.6 is 0 Å². The predicted octanol–water partition coefficient (Wildman–Crippen LogP) is 3.41. The number of hydrogen-bond donors (Lipinski definition) is 2. The topological polar surface area (TPSA) is 50.4 Å². The first-order valence-electron chi connectivity index (χ1n) is 8.07. The van der Waals surface area contributed by atoms with Crippen molar-refractivity contribution in [2.45, 2.75) is 31.5 Å². The highest BCUT2D eigenvalue weighted by Gasteiger charge is 2.24. The highest BCUT2D eigenvalue weighted by Crippen LogP contribution is 2.23. The van der Waals surface area contributed by atoms with Gasteiger partial charge < -0.3 is 15.4 Å². The minimum absolute atomic E-state index is 0.143. The van der Waals surface area contributed by atoms with Gasteiger partial charge in [0.05, 0.1) is 0 Å². The Bertz CT molecular complexity index is 616. The number of carbonyl (C=O) groups is 1. The van der Waals surface area contributed by atoms with E-state index >= 15 is 0 Å². The molecule has 1 aliphatic rings. The molecule has 0 bridgehead atoms. The van der Waals surface area contributed by atoms with Gasteiger partial charge in [-0.05, 0) is 30.5 Å². The molecule has 1 amide bonds. The number of piperidine rings is 1. The molecule has 0 radical (unpaired) electrons. The Morgan fingerprint density at radius 2 is 1.78 bits per heavy atom. The van der Waals surface area contributed by atoms with E-state index in [4.69, 9.17) is 4.74 Å². The van der Waals surface area contributed by atoms with Crippen LogP contribution in [0.5, 0.6) is 0 Å². The molecular weight excluding hydrogens is 288 g/mol. The van der Waals surface area contributed by atoms with Crippen LogP contribution in [0.15, 0.2) is 60.7 Å². The molecule has 0 saturated carbocycles. The summed E-state index contributed by atoms with van der Waals surface area (Å²) in [5.41, 5.74) is 2.26. The van der Waals surface area contributed by atoms with E-state index < -0.39 is 0 Å². The van der Waals surface area contributed by atoms with Crippen molar-refractivity contribution < 1.29 is 9.53 Å². The molecule has 0 aromatic heterocycles. The summed E-state index contributed by atoms with van der Waals surface area (Å²) in [5, 5.41) is 6.49. The maximum Gasteiger partial charge on any atom is 0.407 e. The van der Waals surface area contributed by atoms with Crippen molar-refractivity contribution in [1.82, 2.24) is 10.6 Å². The Morgan fingerprint density at radius 3 is 2.52 bits per heavy atom. The third-order valence-electron chi connectivity index (χ3n) is 4.14. The van der Waals surface area contributed by atoms with Crippen LogP contribution in [0.4, 0.5) is 4.79 Å². The minimum Gasteiger partial charge on any atom is -0.445 e. The van der Waals surface area contributed by atoms with Gasteiger partial charge in [-0.3, -0.25) is 0 Å². The van der Waals surface area contributed by atoms with Gasteiger partial charge in [-0.2, -0.15) is 0 Å². The van der Waals surface area contributed by atoms with Crippen LogP contribution in [0, 0.1) is 0 Å². The third kappa shape index (κ3) is 4.57. The van der Waals surface area contributed by atoms with Crippen molar-refractivity contribution >= 4 is 6.09 Å². The molecule has 120 valence electrons. The van der Waals surface area contributed by atoms with E-state index in [2.05, 4.69) is 22.8 Å². The van der Waals surface area contributed by atoms with Gasteiger partial charge in [0.25, 0.3) is 0 Å². The molecule has 1 aliphatic heterocycles. The largest absolute Gasteiger partial charge is 0.445 e. The van der Waals surface area contributed by atoms with Crippen molar-refractivity contribution in [2.24, 2.45) is 0 Å². The van der Waals surface area contributed by atoms with Gasteiger partial charge in [-0.25, -0.2) is 4.79 Å². The average Bonchev–Trinajstić information content (AvgIpc) is 2.62. The van der Waals surface area contributed by atoms with Gasteiger partial charge in [0.1, 0.15) is 6.61 Å². The zero-order valence-corrected chi connectivity index (χ0v) is 13.1. The van der Waals surface area contributed by atoms with Gasteiger partial charge in [0.2, 0.25) is 0 Å². The molecule has 2 aromatic rings. The smallest absolute Gasteiger partial charge is 0.407 e. The van der Waals surface area contributed by atoms with E-state index in [0.29, 0.717) is 6.61 Å². The second-order valence-electron chi connectivity index (χ2n) is 5.84. The van der Waals surface area contributed by atoms with Crippen LogP contribution in [-0.4, -0.2) is 18.7 Å². The molecule has 1 fully saturated rings. The fourth-order valence-electron chi connectivity index (χ4n) is 2.92. The molecule has 2 atom stereocenters. The van der Waals surface area contributed by atoms with Crippen LogP contribution < -0.4 is 10.6 Å². The number of carbonyl (C=O) groups excluding carboxylic acids is 1. The normalized spacial score (nSPS) is 20.7. The van der Waals surface area contributed by atoms with Crippen molar-refractivity contribution in [3.05, 3.63) is 71.8 Å². The zero-order chi connectivity index (χ0) is 15.9. The van der Waals surface area contributed by atoms with Crippen LogP contribution in [0.3, 0.4) is 0 Å². The first kappa shape index (κ1) is 15.6. The van der Waals surface area contributed by atoms with Gasteiger partial charge in [-0.15, -0.1) is 0 Å². The Kier molecular flexibility index (Phi) is 5.27. The van der Waals surface area contributed by atoms with Gasteiger partial charge in [0, 0.05) is 12.1 Å². The fraction of sp³-hybridized carbons (Fsp3) is 0.316. The van der Waals surface area contributed by atoms with Crippen LogP contribution in [0.1, 0.15) is 30.0 Å². The lowest BCUT2D eigenvalue weighted by Gasteiger charge is -2.31. The van der Waals surface area contributed by atoms with Crippen molar-refractivity contribution in [1.29, 1.82) is 0 Å². The van der Waals surface area contributed by atoms with E-state index in [1.807, 2.05) is 48.5 Å². The summed E-state index contributed by atoms with van der Waals surface area (Å²) < 4.78 is 5.30. The number of hydrogen-bond acceptors (Lipinski definition) is 3. The Hall–Kier alpha value is -2.33. The first-order chi connectivity index (χ1) is 11.3. The van der Waals surface area contributed by atoms with Gasteiger partial charge in [-0.1, -0.05) is 60.7 Å². The Morgan fingerprint density at radius 1 is 1.09 bits per heavy atom. The molecule has 1 heterocycles. The highest BCUT2D eigenvalue weighted by molar-refractivity contribution is 5.67. The summed E-state index contributed by atoms with van der Waals surface area (Å²) in [4.78, 5) is 12.0. The lowest BCUT2D eigenvalue weighted by Crippen LogP contribution is -2.44. The molecular formula is C19H22N2O2. The third-order valence-corrected chi connectivity index (χ3v) is 4.14. The Balaban J connectivity index is 1.48. The summed E-state index contributed by atoms with van der Waals surface area (Å²) in [6.45, 7) is 1.20. The van der Waals surface area contributed by atoms with Crippen LogP contribution in [0.2, 0.25) is 0 Å². The quantitative estimate of drug-likeness (QED) is 0.910. The van der Waals surface area contributed by atoms with E-state index in [-0.39, 0.29) is 18.2 Å². The summed E-state index contributed by atoms with van der Waals surface area (Å²) in [5.74, 6) is 0. The molecule has 0 spiro atoms. The summed E-state index contributed by atoms with van der Waals surface area (Å²) in [6.07, 6.45) is 1.46. The summed E-state index contributed by atoms with van der Waals surface area (Å²) in [7, 11) is 0. The van der Waals surface area contributed by atoms with Crippen LogP contribution in [-0.2, 0) is 11.3 Å². The number of amides is 1. The van der Waals surface area contributed by atoms with Crippen molar-refractivity contribution in [2.75, 3.05) is 6.54 Å². The van der Waals surface area contributed by atoms with Crippen molar-refractivity contribution in [3.8, 4) is 0 Å². The molecule has 1 saturated heterocycles. The lowest BCUT2D eigenvalue weighted by molar-refractivity contribution is 0.132. The van der Waals surface area contributed by atoms with Crippen molar-refractivity contribution in [3.63, 3.8) is 0 Å². The number of alkyl carbamates (subject to hydrolysis) is 1. The average molecular weight is 310 g/mol. The van der Waals surface area contributed by atoms with Gasteiger partial charge >= 0.3 is 6.09 Å². The zero-order valence-electron chi connectivity index (χ0n) is 13.1. The number of ether oxygens (including phenoxy) is 1. The number of nitrogens with one attached hydrogen (secondary N) is 2. The van der Waals surface area contributed by atoms with E-state index in [1.165, 1.54) is 5.56 Å². The maximum absolute atomic E-state index is 12.0. The summed E-state index contributed by atoms with van der Waals surface area (Å²) >= 11 is 0. The number of rotatable bonds is 4. The molecule has 0 aliphatic carbocycles. The maximum atomic E-state index is 12.0. The first-order valence-corrected chi connectivity index (χ1v) is 8.07. The monoisotopic (exact) mass is 310 g/mol. The molecule has 4 heteroatoms. The van der Waals surface area contributed by atoms with E-state index in [9.17, 15) is 4.79 Å². The standard InChI is InChI=1S/C19H22N2O2/c22-19(23-14-15-7-3-1-4-8-15)21-17-11-12-20-18(13-17)16-9-5-2-6-10-16/h1-10,17-18,20H,11-14H2,(H,21,22)/t17-,18-/m1/s1.